The number of methoxy groups -OCH3 is 1. The zero-order valence-corrected chi connectivity index (χ0v) is 24.2. The third-order valence-corrected chi connectivity index (χ3v) is 7.35. The number of thiocarbonyl (C=S) groups is 1. The predicted molar refractivity (Wildman–Crippen MR) is 159 cm³/mol. The van der Waals surface area contributed by atoms with Gasteiger partial charge in [-0.15, -0.1) is 0 Å². The van der Waals surface area contributed by atoms with E-state index in [1.165, 1.54) is 4.90 Å². The van der Waals surface area contributed by atoms with Crippen molar-refractivity contribution in [2.24, 2.45) is 0 Å². The van der Waals surface area contributed by atoms with Gasteiger partial charge < -0.3 is 19.7 Å². The van der Waals surface area contributed by atoms with Gasteiger partial charge in [0.2, 0.25) is 5.91 Å². The molecule has 1 heterocycles. The van der Waals surface area contributed by atoms with Crippen LogP contribution in [0.1, 0.15) is 29.3 Å². The lowest BCUT2D eigenvalue weighted by atomic mass is 10.1. The van der Waals surface area contributed by atoms with Crippen molar-refractivity contribution in [2.45, 2.75) is 25.8 Å². The van der Waals surface area contributed by atoms with Crippen LogP contribution in [0, 0.1) is 0 Å². The van der Waals surface area contributed by atoms with Crippen LogP contribution in [-0.2, 0) is 20.7 Å². The largest absolute Gasteiger partial charge is 0.497 e. The second kappa shape index (κ2) is 13.1. The molecule has 0 saturated carbocycles. The molecule has 0 aromatic heterocycles. The first-order chi connectivity index (χ1) is 19.2. The predicted octanol–water partition coefficient (Wildman–Crippen LogP) is 5.75. The van der Waals surface area contributed by atoms with Crippen LogP contribution >= 0.6 is 35.4 Å². The van der Waals surface area contributed by atoms with E-state index in [1.807, 2.05) is 6.07 Å². The summed E-state index contributed by atoms with van der Waals surface area (Å²) in [6.07, 6.45) is 0.340. The maximum atomic E-state index is 13.7. The lowest BCUT2D eigenvalue weighted by Gasteiger charge is -2.24. The smallest absolute Gasteiger partial charge is 0.338 e. The van der Waals surface area contributed by atoms with Gasteiger partial charge in [-0.3, -0.25) is 14.5 Å². The Kier molecular flexibility index (Phi) is 9.63. The third kappa shape index (κ3) is 6.72. The topological polar surface area (TPSA) is 88.2 Å². The Hall–Kier alpha value is -3.66. The van der Waals surface area contributed by atoms with Crippen molar-refractivity contribution in [3.63, 3.8) is 0 Å². The quantitative estimate of drug-likeness (QED) is 0.234. The number of benzene rings is 3. The molecule has 1 N–H and O–H groups in total. The first-order valence-corrected chi connectivity index (χ1v) is 13.7. The standard InChI is InChI=1S/C29H27Cl2N3O5S/c1-3-39-28(37)19-5-10-22(11-6-19)34-27(36)25(17-26(35)32-21-8-12-23(38-2)13-9-21)33(29(34)40)15-14-18-4-7-20(30)16-24(18)31/h4-13,16,25H,3,14-15,17H2,1-2H3,(H,32,35)/t25-/m0/s1. The van der Waals surface area contributed by atoms with Crippen molar-refractivity contribution >= 4 is 69.7 Å². The summed E-state index contributed by atoms with van der Waals surface area (Å²) in [4.78, 5) is 41.9. The minimum absolute atomic E-state index is 0.128. The highest BCUT2D eigenvalue weighted by atomic mass is 35.5. The van der Waals surface area contributed by atoms with Gasteiger partial charge in [0.1, 0.15) is 11.8 Å². The molecule has 40 heavy (non-hydrogen) atoms. The number of carbonyl (C=O) groups excluding carboxylic acids is 3. The van der Waals surface area contributed by atoms with Gasteiger partial charge in [0.05, 0.1) is 31.4 Å². The van der Waals surface area contributed by atoms with Gasteiger partial charge in [-0.2, -0.15) is 0 Å². The monoisotopic (exact) mass is 599 g/mol. The van der Waals surface area contributed by atoms with Crippen molar-refractivity contribution in [3.8, 4) is 5.75 Å². The minimum Gasteiger partial charge on any atom is -0.497 e. The fourth-order valence-electron chi connectivity index (χ4n) is 4.31. The Labute approximate surface area is 247 Å². The number of rotatable bonds is 10. The SMILES string of the molecule is CCOC(=O)c1ccc(N2C(=O)[C@H](CC(=O)Nc3ccc(OC)cc3)N(CCc3ccc(Cl)cc3Cl)C2=S)cc1. The molecule has 208 valence electrons. The number of ether oxygens (including phenoxy) is 2. The molecule has 1 fully saturated rings. The van der Waals surface area contributed by atoms with Crippen LogP contribution in [0.3, 0.4) is 0 Å². The normalized spacial score (nSPS) is 14.8. The van der Waals surface area contributed by atoms with Crippen LogP contribution in [0.2, 0.25) is 10.0 Å². The zero-order valence-electron chi connectivity index (χ0n) is 21.9. The summed E-state index contributed by atoms with van der Waals surface area (Å²) in [5.41, 5.74) is 2.24. The highest BCUT2D eigenvalue weighted by molar-refractivity contribution is 7.80. The van der Waals surface area contributed by atoms with Crippen molar-refractivity contribution in [3.05, 3.63) is 87.9 Å². The van der Waals surface area contributed by atoms with E-state index in [1.54, 1.807) is 79.6 Å². The summed E-state index contributed by atoms with van der Waals surface area (Å²) >= 11 is 18.2. The summed E-state index contributed by atoms with van der Waals surface area (Å²) in [7, 11) is 1.56. The maximum absolute atomic E-state index is 13.7. The molecule has 1 aliphatic rings. The van der Waals surface area contributed by atoms with Crippen LogP contribution in [0.5, 0.6) is 5.75 Å². The van der Waals surface area contributed by atoms with E-state index in [0.29, 0.717) is 45.7 Å². The molecule has 11 heteroatoms. The molecule has 1 aliphatic heterocycles. The van der Waals surface area contributed by atoms with Crippen LogP contribution < -0.4 is 15.0 Å². The molecule has 0 unspecified atom stereocenters. The van der Waals surface area contributed by atoms with Crippen LogP contribution in [0.25, 0.3) is 0 Å². The number of hydrogen-bond acceptors (Lipinski definition) is 6. The molecule has 0 bridgehead atoms. The fourth-order valence-corrected chi connectivity index (χ4v) is 5.23. The molecule has 0 spiro atoms. The van der Waals surface area contributed by atoms with Gasteiger partial charge in [-0.25, -0.2) is 4.79 Å². The van der Waals surface area contributed by atoms with Gasteiger partial charge >= 0.3 is 5.97 Å². The number of nitrogens with one attached hydrogen (secondary N) is 1. The maximum Gasteiger partial charge on any atom is 0.338 e. The van der Waals surface area contributed by atoms with Gasteiger partial charge in [-0.05, 0) is 91.8 Å². The van der Waals surface area contributed by atoms with E-state index < -0.39 is 12.0 Å². The van der Waals surface area contributed by atoms with Crippen molar-refractivity contribution in [1.82, 2.24) is 4.90 Å². The average Bonchev–Trinajstić information content (AvgIpc) is 3.17. The molecule has 1 atom stereocenters. The Bertz CT molecular complexity index is 1420. The number of anilines is 2. The van der Waals surface area contributed by atoms with Crippen molar-refractivity contribution in [2.75, 3.05) is 30.5 Å². The molecule has 2 amide bonds. The molecular formula is C29H27Cl2N3O5S. The molecule has 3 aromatic rings. The summed E-state index contributed by atoms with van der Waals surface area (Å²) < 4.78 is 10.2. The Morgan fingerprint density at radius 3 is 2.35 bits per heavy atom. The highest BCUT2D eigenvalue weighted by Crippen LogP contribution is 2.29. The fraction of sp³-hybridized carbons (Fsp3) is 0.241. The number of halogens is 2. The molecule has 8 nitrogen and oxygen atoms in total. The zero-order chi connectivity index (χ0) is 28.8. The van der Waals surface area contributed by atoms with Crippen LogP contribution in [0.4, 0.5) is 11.4 Å². The first kappa shape index (κ1) is 29.3. The van der Waals surface area contributed by atoms with Gasteiger partial charge in [-0.1, -0.05) is 29.3 Å². The number of esters is 1. The highest BCUT2D eigenvalue weighted by Gasteiger charge is 2.44. The van der Waals surface area contributed by atoms with E-state index in [2.05, 4.69) is 5.32 Å². The Morgan fingerprint density at radius 1 is 1.02 bits per heavy atom. The summed E-state index contributed by atoms with van der Waals surface area (Å²) in [5.74, 6) is -0.494. The second-order valence-corrected chi connectivity index (χ2v) is 10.1. The first-order valence-electron chi connectivity index (χ1n) is 12.5. The van der Waals surface area contributed by atoms with Gasteiger partial charge in [0, 0.05) is 22.3 Å². The lowest BCUT2D eigenvalue weighted by molar-refractivity contribution is -0.124. The number of carbonyl (C=O) groups is 3. The molecule has 1 saturated heterocycles. The van der Waals surface area contributed by atoms with Crippen molar-refractivity contribution < 1.29 is 23.9 Å². The van der Waals surface area contributed by atoms with Crippen molar-refractivity contribution in [1.29, 1.82) is 0 Å². The molecule has 0 radical (unpaired) electrons. The van der Waals surface area contributed by atoms with E-state index in [4.69, 9.17) is 44.9 Å². The molecule has 0 aliphatic carbocycles. The number of amides is 2. The summed E-state index contributed by atoms with van der Waals surface area (Å²) in [6, 6.07) is 17.7. The van der Waals surface area contributed by atoms with Gasteiger partial charge in [0.25, 0.3) is 5.91 Å². The van der Waals surface area contributed by atoms with Crippen LogP contribution in [0.15, 0.2) is 66.7 Å². The van der Waals surface area contributed by atoms with Crippen LogP contribution in [-0.4, -0.2) is 54.1 Å². The molecule has 3 aromatic carbocycles. The van der Waals surface area contributed by atoms with E-state index >= 15 is 0 Å². The van der Waals surface area contributed by atoms with E-state index in [0.717, 1.165) is 5.56 Å². The summed E-state index contributed by atoms with van der Waals surface area (Å²) in [5, 5.41) is 4.10. The average molecular weight is 601 g/mol. The van der Waals surface area contributed by atoms with E-state index in [-0.39, 0.29) is 30.0 Å². The lowest BCUT2D eigenvalue weighted by Crippen LogP contribution is -2.39. The van der Waals surface area contributed by atoms with Gasteiger partial charge in [0.15, 0.2) is 5.11 Å². The number of nitrogens with zero attached hydrogens (tertiary/aromatic N) is 2. The summed E-state index contributed by atoms with van der Waals surface area (Å²) in [6.45, 7) is 2.32. The third-order valence-electron chi connectivity index (χ3n) is 6.34. The second-order valence-electron chi connectivity index (χ2n) is 8.90. The molecule has 4 rings (SSSR count). The van der Waals surface area contributed by atoms with E-state index in [9.17, 15) is 14.4 Å². The Balaban J connectivity index is 1.56. The number of hydrogen-bond donors (Lipinski definition) is 1. The Morgan fingerprint density at radius 2 is 1.73 bits per heavy atom. The molecular weight excluding hydrogens is 573 g/mol. The minimum atomic E-state index is -0.846.